The third-order valence-corrected chi connectivity index (χ3v) is 4.16. The third kappa shape index (κ3) is 4.08. The van der Waals surface area contributed by atoms with Gasteiger partial charge in [-0.2, -0.15) is 0 Å². The van der Waals surface area contributed by atoms with Gasteiger partial charge in [0.05, 0.1) is 12.8 Å². The summed E-state index contributed by atoms with van der Waals surface area (Å²) in [5, 5.41) is 3.43. The van der Waals surface area contributed by atoms with Crippen molar-refractivity contribution < 1.29 is 4.42 Å². The third-order valence-electron chi connectivity index (χ3n) is 4.16. The van der Waals surface area contributed by atoms with E-state index in [1.165, 1.54) is 12.1 Å². The smallest absolute Gasteiger partial charge is 0.122 e. The molecule has 0 amide bonds. The number of hydrogen-bond acceptors (Lipinski definition) is 4. The van der Waals surface area contributed by atoms with Gasteiger partial charge in [-0.05, 0) is 19.5 Å². The summed E-state index contributed by atoms with van der Waals surface area (Å²) in [6.45, 7) is 15.4. The zero-order chi connectivity index (χ0) is 14.5. The Kier molecular flexibility index (Phi) is 5.64. The summed E-state index contributed by atoms with van der Waals surface area (Å²) < 4.78 is 5.63. The fraction of sp³-hybridized carbons (Fsp3) is 0.750. The first-order valence-electron chi connectivity index (χ1n) is 7.85. The van der Waals surface area contributed by atoms with Gasteiger partial charge < -0.3 is 9.73 Å². The molecule has 1 atom stereocenters. The molecule has 1 aliphatic heterocycles. The molecule has 4 heteroatoms. The standard InChI is InChI=1S/C16H29N3O/c1-5-19-8-7-18(11-14(19)4)12-15-6-9-20-16(15)10-17-13(2)3/h6,9,13-14,17H,5,7-8,10-12H2,1-4H3. The van der Waals surface area contributed by atoms with Crippen molar-refractivity contribution in [3.8, 4) is 0 Å². The van der Waals surface area contributed by atoms with Gasteiger partial charge in [-0.25, -0.2) is 0 Å². The van der Waals surface area contributed by atoms with Crippen molar-refractivity contribution in [2.24, 2.45) is 0 Å². The fourth-order valence-corrected chi connectivity index (χ4v) is 2.88. The highest BCUT2D eigenvalue weighted by Gasteiger charge is 2.23. The van der Waals surface area contributed by atoms with Crippen molar-refractivity contribution in [2.75, 3.05) is 26.2 Å². The number of piperazine rings is 1. The highest BCUT2D eigenvalue weighted by atomic mass is 16.3. The van der Waals surface area contributed by atoms with Gasteiger partial charge in [0.1, 0.15) is 5.76 Å². The van der Waals surface area contributed by atoms with Gasteiger partial charge in [-0.1, -0.05) is 20.8 Å². The van der Waals surface area contributed by atoms with Crippen molar-refractivity contribution in [2.45, 2.75) is 52.9 Å². The van der Waals surface area contributed by atoms with Crippen LogP contribution in [-0.2, 0) is 13.1 Å². The Balaban J connectivity index is 1.89. The summed E-state index contributed by atoms with van der Waals surface area (Å²) in [6, 6.07) is 3.26. The molecule has 114 valence electrons. The second-order valence-corrected chi connectivity index (χ2v) is 6.12. The molecule has 0 radical (unpaired) electrons. The minimum Gasteiger partial charge on any atom is -0.468 e. The van der Waals surface area contributed by atoms with E-state index >= 15 is 0 Å². The number of hydrogen-bond donors (Lipinski definition) is 1. The van der Waals surface area contributed by atoms with Gasteiger partial charge in [0.15, 0.2) is 0 Å². The zero-order valence-corrected chi connectivity index (χ0v) is 13.4. The van der Waals surface area contributed by atoms with Crippen LogP contribution in [0.2, 0.25) is 0 Å². The quantitative estimate of drug-likeness (QED) is 0.866. The van der Waals surface area contributed by atoms with Crippen molar-refractivity contribution in [3.05, 3.63) is 23.7 Å². The van der Waals surface area contributed by atoms with Crippen LogP contribution in [0.15, 0.2) is 16.7 Å². The Morgan fingerprint density at radius 1 is 1.40 bits per heavy atom. The summed E-state index contributed by atoms with van der Waals surface area (Å²) in [7, 11) is 0. The second kappa shape index (κ2) is 7.25. The molecule has 1 unspecified atom stereocenters. The molecule has 1 aromatic rings. The summed E-state index contributed by atoms with van der Waals surface area (Å²) >= 11 is 0. The summed E-state index contributed by atoms with van der Waals surface area (Å²) in [5.41, 5.74) is 1.33. The van der Waals surface area contributed by atoms with E-state index in [2.05, 4.69) is 48.9 Å². The maximum absolute atomic E-state index is 5.63. The normalized spacial score (nSPS) is 21.8. The Morgan fingerprint density at radius 3 is 2.85 bits per heavy atom. The molecule has 0 bridgehead atoms. The molecule has 1 saturated heterocycles. The maximum Gasteiger partial charge on any atom is 0.122 e. The Hall–Kier alpha value is -0.840. The van der Waals surface area contributed by atoms with Gasteiger partial charge in [-0.3, -0.25) is 9.80 Å². The zero-order valence-electron chi connectivity index (χ0n) is 13.4. The molecule has 2 heterocycles. The molecule has 0 aliphatic carbocycles. The average Bonchev–Trinajstić information content (AvgIpc) is 2.84. The van der Waals surface area contributed by atoms with Crippen LogP contribution in [0.25, 0.3) is 0 Å². The molecule has 4 nitrogen and oxygen atoms in total. The van der Waals surface area contributed by atoms with E-state index < -0.39 is 0 Å². The Labute approximate surface area is 123 Å². The minimum absolute atomic E-state index is 0.487. The first kappa shape index (κ1) is 15.5. The predicted octanol–water partition coefficient (Wildman–Crippen LogP) is 2.30. The van der Waals surface area contributed by atoms with E-state index in [0.29, 0.717) is 12.1 Å². The number of likely N-dealkylation sites (N-methyl/N-ethyl adjacent to an activating group) is 1. The summed E-state index contributed by atoms with van der Waals surface area (Å²) in [6.07, 6.45) is 1.82. The van der Waals surface area contributed by atoms with Gasteiger partial charge in [0, 0.05) is 43.8 Å². The van der Waals surface area contributed by atoms with Crippen LogP contribution >= 0.6 is 0 Å². The molecule has 0 saturated carbocycles. The van der Waals surface area contributed by atoms with Crippen molar-refractivity contribution in [1.29, 1.82) is 0 Å². The number of nitrogens with zero attached hydrogens (tertiary/aromatic N) is 2. The summed E-state index contributed by atoms with van der Waals surface area (Å²) in [5.74, 6) is 1.09. The van der Waals surface area contributed by atoms with Crippen LogP contribution in [-0.4, -0.2) is 48.1 Å². The van der Waals surface area contributed by atoms with Crippen molar-refractivity contribution in [3.63, 3.8) is 0 Å². The molecule has 0 aromatic carbocycles. The first-order chi connectivity index (χ1) is 9.60. The predicted molar refractivity (Wildman–Crippen MR) is 82.7 cm³/mol. The van der Waals surface area contributed by atoms with E-state index in [-0.39, 0.29) is 0 Å². The molecule has 2 rings (SSSR count). The number of rotatable bonds is 6. The van der Waals surface area contributed by atoms with E-state index in [4.69, 9.17) is 4.42 Å². The molecule has 1 aromatic heterocycles. The van der Waals surface area contributed by atoms with Crippen LogP contribution in [0.4, 0.5) is 0 Å². The lowest BCUT2D eigenvalue weighted by Gasteiger charge is -2.39. The van der Waals surface area contributed by atoms with Gasteiger partial charge >= 0.3 is 0 Å². The lowest BCUT2D eigenvalue weighted by Crippen LogP contribution is -2.51. The van der Waals surface area contributed by atoms with Gasteiger partial charge in [0.25, 0.3) is 0 Å². The van der Waals surface area contributed by atoms with Crippen LogP contribution in [0.5, 0.6) is 0 Å². The van der Waals surface area contributed by atoms with Crippen LogP contribution in [0.1, 0.15) is 39.0 Å². The lowest BCUT2D eigenvalue weighted by molar-refractivity contribution is 0.0830. The number of nitrogens with one attached hydrogen (secondary N) is 1. The molecule has 1 aliphatic rings. The molecular formula is C16H29N3O. The average molecular weight is 279 g/mol. The monoisotopic (exact) mass is 279 g/mol. The topological polar surface area (TPSA) is 31.6 Å². The first-order valence-corrected chi connectivity index (χ1v) is 7.85. The molecule has 0 spiro atoms. The number of furan rings is 1. The van der Waals surface area contributed by atoms with Crippen LogP contribution < -0.4 is 5.32 Å². The highest BCUT2D eigenvalue weighted by molar-refractivity contribution is 5.17. The Bertz CT molecular complexity index is 402. The van der Waals surface area contributed by atoms with E-state index in [1.807, 2.05) is 6.26 Å². The Morgan fingerprint density at radius 2 is 2.20 bits per heavy atom. The van der Waals surface area contributed by atoms with E-state index in [9.17, 15) is 0 Å². The van der Waals surface area contributed by atoms with Crippen LogP contribution in [0.3, 0.4) is 0 Å². The fourth-order valence-electron chi connectivity index (χ4n) is 2.88. The SMILES string of the molecule is CCN1CCN(Cc2ccoc2CNC(C)C)CC1C. The van der Waals surface area contributed by atoms with Crippen molar-refractivity contribution in [1.82, 2.24) is 15.1 Å². The molecule has 1 N–H and O–H groups in total. The molecule has 1 fully saturated rings. The maximum atomic E-state index is 5.63. The second-order valence-electron chi connectivity index (χ2n) is 6.12. The highest BCUT2D eigenvalue weighted by Crippen LogP contribution is 2.17. The van der Waals surface area contributed by atoms with Gasteiger partial charge in [0.2, 0.25) is 0 Å². The van der Waals surface area contributed by atoms with Crippen molar-refractivity contribution >= 4 is 0 Å². The summed E-state index contributed by atoms with van der Waals surface area (Å²) in [4.78, 5) is 5.09. The minimum atomic E-state index is 0.487. The van der Waals surface area contributed by atoms with Crippen LogP contribution in [0, 0.1) is 0 Å². The van der Waals surface area contributed by atoms with E-state index in [0.717, 1.165) is 38.5 Å². The largest absolute Gasteiger partial charge is 0.468 e. The molecular weight excluding hydrogens is 250 g/mol. The van der Waals surface area contributed by atoms with E-state index in [1.54, 1.807) is 0 Å². The van der Waals surface area contributed by atoms with Gasteiger partial charge in [-0.15, -0.1) is 0 Å². The lowest BCUT2D eigenvalue weighted by atomic mass is 10.1. The molecule has 20 heavy (non-hydrogen) atoms.